The Bertz CT molecular complexity index is 1400. The molecule has 4 aromatic rings. The molecule has 176 valence electrons. The summed E-state index contributed by atoms with van der Waals surface area (Å²) < 4.78 is 0. The number of non-ortho nitro benzene ring substituents is 1. The van der Waals surface area contributed by atoms with E-state index in [1.807, 2.05) is 30.3 Å². The maximum absolute atomic E-state index is 10.9. The van der Waals surface area contributed by atoms with Crippen LogP contribution in [0.5, 0.6) is 5.75 Å². The van der Waals surface area contributed by atoms with E-state index in [1.54, 1.807) is 18.2 Å². The number of hydrogen-bond acceptors (Lipinski definition) is 10. The lowest BCUT2D eigenvalue weighted by atomic mass is 10.0. The first-order chi connectivity index (χ1) is 17.1. The van der Waals surface area contributed by atoms with Crippen molar-refractivity contribution in [2.24, 2.45) is 5.10 Å². The van der Waals surface area contributed by atoms with Crippen molar-refractivity contribution in [1.82, 2.24) is 15.0 Å². The van der Waals surface area contributed by atoms with Gasteiger partial charge in [-0.05, 0) is 41.8 Å². The quantitative estimate of drug-likeness (QED) is 0.203. The SMILES string of the molecule is O=[N+]([O-])c1ccc(Nc2nc(NN=Cc3c(O)ccc4ccccc34)nc(N3CCCC3)n2)cc1. The first-order valence-electron chi connectivity index (χ1n) is 11.1. The van der Waals surface area contributed by atoms with Gasteiger partial charge in [-0.3, -0.25) is 10.1 Å². The number of nitro groups is 1. The minimum absolute atomic E-state index is 0.00247. The van der Waals surface area contributed by atoms with Crippen LogP contribution in [0.1, 0.15) is 18.4 Å². The summed E-state index contributed by atoms with van der Waals surface area (Å²) in [6, 6.07) is 17.2. The maximum Gasteiger partial charge on any atom is 0.269 e. The van der Waals surface area contributed by atoms with E-state index in [0.717, 1.165) is 36.7 Å². The lowest BCUT2D eigenvalue weighted by molar-refractivity contribution is -0.384. The molecule has 3 N–H and O–H groups in total. The average molecular weight is 470 g/mol. The van der Waals surface area contributed by atoms with E-state index in [0.29, 0.717) is 17.2 Å². The number of nitrogens with one attached hydrogen (secondary N) is 2. The van der Waals surface area contributed by atoms with Crippen LogP contribution in [0.4, 0.5) is 29.2 Å². The molecule has 35 heavy (non-hydrogen) atoms. The fourth-order valence-corrected chi connectivity index (χ4v) is 3.90. The van der Waals surface area contributed by atoms with E-state index in [9.17, 15) is 15.2 Å². The first-order valence-corrected chi connectivity index (χ1v) is 11.1. The fourth-order valence-electron chi connectivity index (χ4n) is 3.90. The highest BCUT2D eigenvalue weighted by Gasteiger charge is 2.18. The van der Waals surface area contributed by atoms with E-state index < -0.39 is 4.92 Å². The molecular formula is C24H22N8O3. The second kappa shape index (κ2) is 9.59. The van der Waals surface area contributed by atoms with Crippen LogP contribution in [-0.2, 0) is 0 Å². The number of hydrazone groups is 1. The van der Waals surface area contributed by atoms with E-state index in [2.05, 4.69) is 35.7 Å². The number of phenols is 1. The van der Waals surface area contributed by atoms with E-state index in [-0.39, 0.29) is 23.3 Å². The molecule has 11 nitrogen and oxygen atoms in total. The van der Waals surface area contributed by atoms with Crippen LogP contribution in [0.25, 0.3) is 10.8 Å². The van der Waals surface area contributed by atoms with Crippen LogP contribution in [0.3, 0.4) is 0 Å². The van der Waals surface area contributed by atoms with Crippen LogP contribution in [0.2, 0.25) is 0 Å². The number of aromatic nitrogens is 3. The summed E-state index contributed by atoms with van der Waals surface area (Å²) in [6.07, 6.45) is 3.64. The lowest BCUT2D eigenvalue weighted by Gasteiger charge is -2.16. The summed E-state index contributed by atoms with van der Waals surface area (Å²) in [5.74, 6) is 1.12. The van der Waals surface area contributed by atoms with Crippen molar-refractivity contribution in [3.05, 3.63) is 76.3 Å². The molecule has 0 saturated carbocycles. The smallest absolute Gasteiger partial charge is 0.269 e. The Morgan fingerprint density at radius 3 is 2.49 bits per heavy atom. The van der Waals surface area contributed by atoms with Crippen LogP contribution >= 0.6 is 0 Å². The highest BCUT2D eigenvalue weighted by atomic mass is 16.6. The second-order valence-electron chi connectivity index (χ2n) is 8.00. The van der Waals surface area contributed by atoms with Gasteiger partial charge in [0.1, 0.15) is 5.75 Å². The first kappa shape index (κ1) is 22.0. The molecule has 2 heterocycles. The summed E-state index contributed by atoms with van der Waals surface area (Å²) in [5, 5.41) is 30.4. The van der Waals surface area contributed by atoms with E-state index in [4.69, 9.17) is 0 Å². The minimum Gasteiger partial charge on any atom is -0.507 e. The van der Waals surface area contributed by atoms with Crippen LogP contribution in [0, 0.1) is 10.1 Å². The molecule has 1 aliphatic heterocycles. The van der Waals surface area contributed by atoms with Gasteiger partial charge in [0.05, 0.1) is 11.1 Å². The number of nitrogens with zero attached hydrogens (tertiary/aromatic N) is 6. The number of rotatable bonds is 7. The summed E-state index contributed by atoms with van der Waals surface area (Å²) >= 11 is 0. The van der Waals surface area contributed by atoms with Gasteiger partial charge in [0.2, 0.25) is 17.8 Å². The molecule has 3 aromatic carbocycles. The summed E-state index contributed by atoms with van der Waals surface area (Å²) in [4.78, 5) is 25.9. The average Bonchev–Trinajstić information content (AvgIpc) is 3.41. The minimum atomic E-state index is -0.452. The van der Waals surface area contributed by atoms with Gasteiger partial charge < -0.3 is 15.3 Å². The third-order valence-corrected chi connectivity index (χ3v) is 5.65. The molecule has 1 aromatic heterocycles. The fraction of sp³-hybridized carbons (Fsp3) is 0.167. The number of phenolic OH excluding ortho intramolecular Hbond substituents is 1. The van der Waals surface area contributed by atoms with Gasteiger partial charge in [0, 0.05) is 36.5 Å². The van der Waals surface area contributed by atoms with Crippen molar-refractivity contribution >= 4 is 46.2 Å². The predicted octanol–water partition coefficient (Wildman–Crippen LogP) is 4.43. The molecule has 0 atom stereocenters. The van der Waals surface area contributed by atoms with Gasteiger partial charge in [-0.25, -0.2) is 5.43 Å². The number of benzene rings is 3. The molecule has 0 radical (unpaired) electrons. The van der Waals surface area contributed by atoms with Crippen LogP contribution < -0.4 is 15.6 Å². The zero-order chi connectivity index (χ0) is 24.2. The normalized spacial score (nSPS) is 13.4. The molecule has 1 fully saturated rings. The van der Waals surface area contributed by atoms with Gasteiger partial charge in [-0.1, -0.05) is 30.3 Å². The molecule has 0 spiro atoms. The summed E-state index contributed by atoms with van der Waals surface area (Å²) in [6.45, 7) is 1.68. The highest BCUT2D eigenvalue weighted by Crippen LogP contribution is 2.26. The molecule has 1 saturated heterocycles. The third kappa shape index (κ3) is 4.93. The van der Waals surface area contributed by atoms with E-state index in [1.165, 1.54) is 18.3 Å². The van der Waals surface area contributed by atoms with Gasteiger partial charge in [-0.2, -0.15) is 20.1 Å². The van der Waals surface area contributed by atoms with Crippen molar-refractivity contribution in [2.75, 3.05) is 28.7 Å². The van der Waals surface area contributed by atoms with Crippen molar-refractivity contribution in [1.29, 1.82) is 0 Å². The molecule has 0 aliphatic carbocycles. The Hall–Kier alpha value is -4.80. The van der Waals surface area contributed by atoms with Crippen molar-refractivity contribution in [3.8, 4) is 5.75 Å². The van der Waals surface area contributed by atoms with Crippen molar-refractivity contribution < 1.29 is 10.0 Å². The molecule has 11 heteroatoms. The van der Waals surface area contributed by atoms with Gasteiger partial charge in [0.25, 0.3) is 5.69 Å². The molecule has 5 rings (SSSR count). The second-order valence-corrected chi connectivity index (χ2v) is 8.00. The lowest BCUT2D eigenvalue weighted by Crippen LogP contribution is -2.21. The molecule has 0 unspecified atom stereocenters. The predicted molar refractivity (Wildman–Crippen MR) is 134 cm³/mol. The molecule has 1 aliphatic rings. The Balaban J connectivity index is 1.41. The van der Waals surface area contributed by atoms with E-state index >= 15 is 0 Å². The van der Waals surface area contributed by atoms with Gasteiger partial charge in [0.15, 0.2) is 0 Å². The Kier molecular flexibility index (Phi) is 6.03. The Morgan fingerprint density at radius 1 is 0.971 bits per heavy atom. The van der Waals surface area contributed by atoms with Crippen LogP contribution in [0.15, 0.2) is 65.8 Å². The Morgan fingerprint density at radius 2 is 1.71 bits per heavy atom. The van der Waals surface area contributed by atoms with Gasteiger partial charge >= 0.3 is 0 Å². The molecular weight excluding hydrogens is 448 g/mol. The highest BCUT2D eigenvalue weighted by molar-refractivity contribution is 6.02. The zero-order valence-corrected chi connectivity index (χ0v) is 18.6. The zero-order valence-electron chi connectivity index (χ0n) is 18.6. The number of hydrogen-bond donors (Lipinski definition) is 3. The van der Waals surface area contributed by atoms with Gasteiger partial charge in [-0.15, -0.1) is 0 Å². The topological polar surface area (TPSA) is 142 Å². The maximum atomic E-state index is 10.9. The van der Waals surface area contributed by atoms with Crippen molar-refractivity contribution in [3.63, 3.8) is 0 Å². The monoisotopic (exact) mass is 470 g/mol. The standard InChI is InChI=1S/C24H22N8O3/c33-21-12-7-16-5-1-2-6-19(16)20(21)15-25-30-23-27-22(28-24(29-23)31-13-3-4-14-31)26-17-8-10-18(11-9-17)32(34)35/h1-2,5-12,15,33H,3-4,13-14H2,(H2,26,27,28,29,30). The summed E-state index contributed by atoms with van der Waals surface area (Å²) in [5.41, 5.74) is 4.02. The number of aromatic hydroxyl groups is 1. The number of fused-ring (bicyclic) bond motifs is 1. The molecule has 0 amide bonds. The Labute approximate surface area is 200 Å². The third-order valence-electron chi connectivity index (χ3n) is 5.65. The number of nitro benzene ring substituents is 1. The largest absolute Gasteiger partial charge is 0.507 e. The molecule has 0 bridgehead atoms. The number of anilines is 4. The van der Waals surface area contributed by atoms with Crippen molar-refractivity contribution in [2.45, 2.75) is 12.8 Å². The van der Waals surface area contributed by atoms with Crippen LogP contribution in [-0.4, -0.2) is 44.3 Å². The summed E-state index contributed by atoms with van der Waals surface area (Å²) in [7, 11) is 0.